The van der Waals surface area contributed by atoms with Crippen LogP contribution in [0.4, 0.5) is 19.0 Å². The Morgan fingerprint density at radius 2 is 1.78 bits per heavy atom. The number of likely N-dealkylation sites (N-methyl/N-ethyl adjacent to an activating group) is 1. The van der Waals surface area contributed by atoms with Crippen LogP contribution in [0.25, 0.3) is 11.1 Å². The highest BCUT2D eigenvalue weighted by Gasteiger charge is 2.35. The van der Waals surface area contributed by atoms with E-state index in [0.717, 1.165) is 50.3 Å². The van der Waals surface area contributed by atoms with Crippen LogP contribution in [0.15, 0.2) is 60.8 Å². The van der Waals surface area contributed by atoms with E-state index in [-0.39, 0.29) is 35.5 Å². The molecule has 3 N–H and O–H groups in total. The third kappa shape index (κ3) is 7.25. The van der Waals surface area contributed by atoms with Gasteiger partial charge in [-0.05, 0) is 66.8 Å². The maximum atomic E-state index is 14.1. The van der Waals surface area contributed by atoms with E-state index < -0.39 is 17.8 Å². The van der Waals surface area contributed by atoms with Gasteiger partial charge in [-0.25, -0.2) is 4.98 Å². The Morgan fingerprint density at radius 1 is 1.05 bits per heavy atom. The number of anilines is 1. The SMILES string of the molecule is CN1CCN(Cc2ccc(-c3ccc(CO[C@H]4CCC[C@@H]4NC(=O)c4cccnc4N)c(C(F)(F)F)c3)cc2)CC1. The van der Waals surface area contributed by atoms with Gasteiger partial charge in [0.05, 0.1) is 29.9 Å². The van der Waals surface area contributed by atoms with Crippen LogP contribution in [-0.2, 0) is 24.1 Å². The quantitative estimate of drug-likeness (QED) is 0.400. The zero-order chi connectivity index (χ0) is 29.0. The number of carbonyl (C=O) groups is 1. The predicted octanol–water partition coefficient (Wildman–Crippen LogP) is 4.96. The van der Waals surface area contributed by atoms with Gasteiger partial charge in [-0.15, -0.1) is 0 Å². The molecule has 1 amide bonds. The van der Waals surface area contributed by atoms with Gasteiger partial charge in [0.1, 0.15) is 5.82 Å². The largest absolute Gasteiger partial charge is 0.416 e. The lowest BCUT2D eigenvalue weighted by Gasteiger charge is -2.32. The lowest BCUT2D eigenvalue weighted by molar-refractivity contribution is -0.139. The molecular weight excluding hydrogens is 531 g/mol. The summed E-state index contributed by atoms with van der Waals surface area (Å²) in [5.74, 6) is -0.244. The second-order valence-electron chi connectivity index (χ2n) is 10.9. The molecule has 2 atom stereocenters. The number of aromatic nitrogens is 1. The van der Waals surface area contributed by atoms with E-state index in [1.807, 2.05) is 24.3 Å². The number of nitrogens with zero attached hydrogens (tertiary/aromatic N) is 3. The van der Waals surface area contributed by atoms with Crippen LogP contribution in [0.1, 0.15) is 46.3 Å². The van der Waals surface area contributed by atoms with Gasteiger partial charge in [-0.1, -0.05) is 36.4 Å². The second-order valence-corrected chi connectivity index (χ2v) is 10.9. The fourth-order valence-corrected chi connectivity index (χ4v) is 5.56. The summed E-state index contributed by atoms with van der Waals surface area (Å²) in [6.07, 6.45) is -1.31. The highest BCUT2D eigenvalue weighted by molar-refractivity contribution is 5.98. The fraction of sp³-hybridized carbons (Fsp3) is 0.419. The number of piperazine rings is 1. The van der Waals surface area contributed by atoms with Crippen molar-refractivity contribution < 1.29 is 22.7 Å². The van der Waals surface area contributed by atoms with Crippen molar-refractivity contribution in [1.29, 1.82) is 0 Å². The van der Waals surface area contributed by atoms with Gasteiger partial charge >= 0.3 is 6.18 Å². The molecule has 2 heterocycles. The predicted molar refractivity (Wildman–Crippen MR) is 152 cm³/mol. The Morgan fingerprint density at radius 3 is 2.49 bits per heavy atom. The number of nitrogens with two attached hydrogens (primary N) is 1. The van der Waals surface area contributed by atoms with E-state index in [2.05, 4.69) is 27.1 Å². The molecule has 1 aliphatic carbocycles. The molecule has 7 nitrogen and oxygen atoms in total. The molecule has 218 valence electrons. The van der Waals surface area contributed by atoms with E-state index in [0.29, 0.717) is 18.4 Å². The number of nitrogens with one attached hydrogen (secondary N) is 1. The van der Waals surface area contributed by atoms with E-state index >= 15 is 0 Å². The number of rotatable bonds is 8. The summed E-state index contributed by atoms with van der Waals surface area (Å²) in [5.41, 5.74) is 7.82. The first-order chi connectivity index (χ1) is 19.7. The summed E-state index contributed by atoms with van der Waals surface area (Å²) in [5, 5.41) is 2.92. The molecule has 2 aliphatic rings. The molecule has 2 aromatic carbocycles. The van der Waals surface area contributed by atoms with Crippen molar-refractivity contribution in [2.45, 2.75) is 50.7 Å². The number of benzene rings is 2. The molecule has 1 aliphatic heterocycles. The Bertz CT molecular complexity index is 1340. The van der Waals surface area contributed by atoms with Gasteiger partial charge in [-0.3, -0.25) is 9.69 Å². The minimum absolute atomic E-state index is 0.0708. The molecule has 0 bridgehead atoms. The normalized spacial score (nSPS) is 20.3. The number of nitrogen functional groups attached to an aromatic ring is 1. The van der Waals surface area contributed by atoms with Crippen LogP contribution < -0.4 is 11.1 Å². The summed E-state index contributed by atoms with van der Waals surface area (Å²) in [4.78, 5) is 21.3. The van der Waals surface area contributed by atoms with Crippen LogP contribution >= 0.6 is 0 Å². The Labute approximate surface area is 238 Å². The van der Waals surface area contributed by atoms with Crippen LogP contribution in [0.3, 0.4) is 0 Å². The molecule has 41 heavy (non-hydrogen) atoms. The number of alkyl halides is 3. The number of pyridine rings is 1. The van der Waals surface area contributed by atoms with Gasteiger partial charge in [0.25, 0.3) is 5.91 Å². The van der Waals surface area contributed by atoms with E-state index in [9.17, 15) is 18.0 Å². The smallest absolute Gasteiger partial charge is 0.383 e. The molecule has 10 heteroatoms. The van der Waals surface area contributed by atoms with Gasteiger partial charge in [0.2, 0.25) is 0 Å². The third-order valence-corrected chi connectivity index (χ3v) is 8.01. The standard InChI is InChI=1S/C31H36F3N5O2/c1-38-14-16-39(17-15-38)19-21-7-9-22(10-8-21)23-11-12-24(26(18-23)31(32,33)34)20-41-28-6-2-5-27(28)37-30(40)25-4-3-13-36-29(25)35/h3-4,7-13,18,27-28H,2,5-6,14-17,19-20H2,1H3,(H2,35,36)(H,37,40)/t27-,28-/m0/s1. The highest BCUT2D eigenvalue weighted by atomic mass is 19.4. The Hall–Kier alpha value is -3.47. The second kappa shape index (κ2) is 12.6. The number of amides is 1. The average molecular weight is 568 g/mol. The van der Waals surface area contributed by atoms with E-state index in [4.69, 9.17) is 10.5 Å². The minimum atomic E-state index is -4.53. The molecule has 2 fully saturated rings. The van der Waals surface area contributed by atoms with Crippen molar-refractivity contribution in [1.82, 2.24) is 20.1 Å². The molecule has 5 rings (SSSR count). The summed E-state index contributed by atoms with van der Waals surface area (Å²) in [6.45, 7) is 4.70. The molecular formula is C31H36F3N5O2. The number of ether oxygens (including phenoxy) is 1. The van der Waals surface area contributed by atoms with Gasteiger partial charge in [-0.2, -0.15) is 13.2 Å². The fourth-order valence-electron chi connectivity index (χ4n) is 5.56. The van der Waals surface area contributed by atoms with Crippen LogP contribution in [0.5, 0.6) is 0 Å². The number of halogens is 3. The first-order valence-corrected chi connectivity index (χ1v) is 14.0. The monoisotopic (exact) mass is 567 g/mol. The van der Waals surface area contributed by atoms with Gasteiger partial charge in [0, 0.05) is 38.9 Å². The minimum Gasteiger partial charge on any atom is -0.383 e. The van der Waals surface area contributed by atoms with Crippen molar-refractivity contribution in [2.75, 3.05) is 39.0 Å². The summed E-state index contributed by atoms with van der Waals surface area (Å²) >= 11 is 0. The summed E-state index contributed by atoms with van der Waals surface area (Å²) < 4.78 is 48.4. The van der Waals surface area contributed by atoms with Crippen molar-refractivity contribution in [2.24, 2.45) is 0 Å². The van der Waals surface area contributed by atoms with Crippen molar-refractivity contribution in [3.8, 4) is 11.1 Å². The molecule has 0 unspecified atom stereocenters. The van der Waals surface area contributed by atoms with Crippen LogP contribution in [-0.4, -0.2) is 66.1 Å². The average Bonchev–Trinajstić information content (AvgIpc) is 3.40. The number of carbonyl (C=O) groups excluding carboxylic acids is 1. The molecule has 1 saturated heterocycles. The lowest BCUT2D eigenvalue weighted by atomic mass is 9.98. The van der Waals surface area contributed by atoms with Crippen LogP contribution in [0, 0.1) is 0 Å². The third-order valence-electron chi connectivity index (χ3n) is 8.01. The molecule has 1 aromatic heterocycles. The Balaban J connectivity index is 1.24. The maximum Gasteiger partial charge on any atom is 0.416 e. The first kappa shape index (κ1) is 29.0. The van der Waals surface area contributed by atoms with E-state index in [1.54, 1.807) is 18.2 Å². The van der Waals surface area contributed by atoms with Crippen molar-refractivity contribution >= 4 is 11.7 Å². The summed E-state index contributed by atoms with van der Waals surface area (Å²) in [7, 11) is 2.12. The Kier molecular flexibility index (Phi) is 8.91. The molecule has 0 radical (unpaired) electrons. The van der Waals surface area contributed by atoms with Crippen LogP contribution in [0.2, 0.25) is 0 Å². The zero-order valence-electron chi connectivity index (χ0n) is 23.2. The summed E-state index contributed by atoms with van der Waals surface area (Å²) in [6, 6.07) is 15.1. The van der Waals surface area contributed by atoms with Crippen molar-refractivity contribution in [3.63, 3.8) is 0 Å². The lowest BCUT2D eigenvalue weighted by Crippen LogP contribution is -2.43. The zero-order valence-corrected chi connectivity index (χ0v) is 23.2. The van der Waals surface area contributed by atoms with E-state index in [1.165, 1.54) is 18.3 Å². The van der Waals surface area contributed by atoms with Gasteiger partial charge in [0.15, 0.2) is 0 Å². The number of hydrogen-bond acceptors (Lipinski definition) is 6. The van der Waals surface area contributed by atoms with Crippen molar-refractivity contribution in [3.05, 3.63) is 83.0 Å². The highest BCUT2D eigenvalue weighted by Crippen LogP contribution is 2.36. The first-order valence-electron chi connectivity index (χ1n) is 14.0. The molecule has 1 saturated carbocycles. The molecule has 0 spiro atoms. The maximum absolute atomic E-state index is 14.1. The van der Waals surface area contributed by atoms with Gasteiger partial charge < -0.3 is 20.7 Å². The number of hydrogen-bond donors (Lipinski definition) is 2. The molecule has 3 aromatic rings. The topological polar surface area (TPSA) is 83.7 Å².